The minimum absolute atomic E-state index is 0.347. The van der Waals surface area contributed by atoms with Crippen molar-refractivity contribution in [3.05, 3.63) is 35.4 Å². The largest absolute Gasteiger partial charge is 0.352 e. The van der Waals surface area contributed by atoms with Gasteiger partial charge in [-0.05, 0) is 43.5 Å². The maximum Gasteiger partial charge on any atom is 0.257 e. The fraction of sp³-hybridized carbons (Fsp3) is 0.500. The van der Waals surface area contributed by atoms with Gasteiger partial charge in [0.15, 0.2) is 0 Å². The number of halogens is 2. The Morgan fingerprint density at radius 1 is 1.42 bits per heavy atom. The zero-order chi connectivity index (χ0) is 13.8. The van der Waals surface area contributed by atoms with Gasteiger partial charge in [0.25, 0.3) is 5.91 Å². The molecule has 1 fully saturated rings. The number of hydrogen-bond acceptors (Lipinski definition) is 2. The summed E-state index contributed by atoms with van der Waals surface area (Å²) in [5.41, 5.74) is -0.496. The van der Waals surface area contributed by atoms with Gasteiger partial charge in [-0.2, -0.15) is 0 Å². The Hall–Kier alpha value is -1.49. The van der Waals surface area contributed by atoms with Crippen molar-refractivity contribution in [2.75, 3.05) is 19.6 Å². The zero-order valence-corrected chi connectivity index (χ0v) is 10.9. The average Bonchev–Trinajstić information content (AvgIpc) is 2.37. The molecular formula is C14H18F2N2O. The first-order valence-corrected chi connectivity index (χ1v) is 6.52. The third-order valence-corrected chi connectivity index (χ3v) is 3.68. The summed E-state index contributed by atoms with van der Waals surface area (Å²) in [6.07, 6.45) is 0.960. The topological polar surface area (TPSA) is 41.1 Å². The van der Waals surface area contributed by atoms with Crippen LogP contribution >= 0.6 is 0 Å². The van der Waals surface area contributed by atoms with Gasteiger partial charge in [-0.1, -0.05) is 13.0 Å². The van der Waals surface area contributed by atoms with Gasteiger partial charge in [0, 0.05) is 6.54 Å². The van der Waals surface area contributed by atoms with E-state index in [0.29, 0.717) is 18.4 Å². The fourth-order valence-electron chi connectivity index (χ4n) is 2.40. The molecule has 0 bridgehead atoms. The van der Waals surface area contributed by atoms with Crippen molar-refractivity contribution < 1.29 is 13.6 Å². The predicted octanol–water partition coefficient (Wildman–Crippen LogP) is 1.94. The Morgan fingerprint density at radius 3 is 2.74 bits per heavy atom. The van der Waals surface area contributed by atoms with Gasteiger partial charge in [0.2, 0.25) is 0 Å². The zero-order valence-electron chi connectivity index (χ0n) is 10.9. The van der Waals surface area contributed by atoms with E-state index < -0.39 is 23.1 Å². The van der Waals surface area contributed by atoms with E-state index >= 15 is 0 Å². The van der Waals surface area contributed by atoms with Crippen LogP contribution in [-0.4, -0.2) is 25.5 Å². The summed E-state index contributed by atoms with van der Waals surface area (Å²) >= 11 is 0. The second-order valence-corrected chi connectivity index (χ2v) is 5.04. The first kappa shape index (κ1) is 13.9. The Bertz CT molecular complexity index is 445. The second kappa shape index (κ2) is 6.10. The number of nitrogens with one attached hydrogen (secondary N) is 2. The Kier molecular flexibility index (Phi) is 4.47. The summed E-state index contributed by atoms with van der Waals surface area (Å²) in [6.45, 7) is 4.38. The highest BCUT2D eigenvalue weighted by atomic mass is 19.1. The molecule has 1 amide bonds. The van der Waals surface area contributed by atoms with Crippen LogP contribution in [-0.2, 0) is 0 Å². The molecule has 0 aliphatic carbocycles. The van der Waals surface area contributed by atoms with Crippen LogP contribution in [0.25, 0.3) is 0 Å². The third kappa shape index (κ3) is 3.29. The molecule has 2 atom stereocenters. The minimum atomic E-state index is -0.823. The Labute approximate surface area is 111 Å². The van der Waals surface area contributed by atoms with Crippen LogP contribution < -0.4 is 10.6 Å². The van der Waals surface area contributed by atoms with Gasteiger partial charge in [0.05, 0.1) is 0 Å². The number of rotatable bonds is 3. The number of carbonyl (C=O) groups excluding carboxylic acids is 1. The van der Waals surface area contributed by atoms with Crippen LogP contribution in [0.4, 0.5) is 8.78 Å². The molecule has 104 valence electrons. The summed E-state index contributed by atoms with van der Waals surface area (Å²) in [5.74, 6) is -1.53. The molecule has 1 aromatic carbocycles. The van der Waals surface area contributed by atoms with Gasteiger partial charge in [-0.15, -0.1) is 0 Å². The molecule has 0 radical (unpaired) electrons. The fourth-order valence-corrected chi connectivity index (χ4v) is 2.40. The van der Waals surface area contributed by atoms with Crippen molar-refractivity contribution in [1.82, 2.24) is 10.6 Å². The predicted molar refractivity (Wildman–Crippen MR) is 68.8 cm³/mol. The second-order valence-electron chi connectivity index (χ2n) is 5.04. The Morgan fingerprint density at radius 2 is 2.11 bits per heavy atom. The lowest BCUT2D eigenvalue weighted by Crippen LogP contribution is -2.41. The van der Waals surface area contributed by atoms with Crippen molar-refractivity contribution in [3.8, 4) is 0 Å². The van der Waals surface area contributed by atoms with E-state index in [1.165, 1.54) is 6.07 Å². The third-order valence-electron chi connectivity index (χ3n) is 3.68. The van der Waals surface area contributed by atoms with Crippen LogP contribution in [0.1, 0.15) is 23.7 Å². The molecule has 19 heavy (non-hydrogen) atoms. The number of carbonyl (C=O) groups is 1. The number of piperidine rings is 1. The van der Waals surface area contributed by atoms with Crippen molar-refractivity contribution in [1.29, 1.82) is 0 Å². The summed E-state index contributed by atoms with van der Waals surface area (Å²) in [7, 11) is 0. The molecule has 1 aliphatic rings. The number of benzene rings is 1. The van der Waals surface area contributed by atoms with Gasteiger partial charge in [-0.25, -0.2) is 8.78 Å². The van der Waals surface area contributed by atoms with E-state index in [2.05, 4.69) is 17.6 Å². The van der Waals surface area contributed by atoms with E-state index in [1.807, 2.05) is 0 Å². The smallest absolute Gasteiger partial charge is 0.257 e. The number of amides is 1. The molecule has 1 heterocycles. The molecule has 0 spiro atoms. The first-order valence-electron chi connectivity index (χ1n) is 6.52. The minimum Gasteiger partial charge on any atom is -0.352 e. The summed E-state index contributed by atoms with van der Waals surface area (Å²) < 4.78 is 26.9. The molecule has 5 heteroatoms. The maximum absolute atomic E-state index is 13.4. The summed E-state index contributed by atoms with van der Waals surface area (Å²) in [4.78, 5) is 11.8. The van der Waals surface area contributed by atoms with Gasteiger partial charge in [-0.3, -0.25) is 4.79 Å². The normalized spacial score (nSPS) is 23.1. The van der Waals surface area contributed by atoms with Crippen LogP contribution in [0, 0.1) is 23.5 Å². The molecule has 1 saturated heterocycles. The first-order chi connectivity index (χ1) is 9.09. The number of hydrogen-bond donors (Lipinski definition) is 2. The highest BCUT2D eigenvalue weighted by molar-refractivity contribution is 5.94. The van der Waals surface area contributed by atoms with Crippen molar-refractivity contribution >= 4 is 5.91 Å². The van der Waals surface area contributed by atoms with E-state index in [1.54, 1.807) is 0 Å². The van der Waals surface area contributed by atoms with E-state index in [0.717, 1.165) is 31.6 Å². The molecule has 3 nitrogen and oxygen atoms in total. The van der Waals surface area contributed by atoms with E-state index in [4.69, 9.17) is 0 Å². The highest BCUT2D eigenvalue weighted by Gasteiger charge is 2.23. The maximum atomic E-state index is 13.4. The monoisotopic (exact) mass is 268 g/mol. The average molecular weight is 268 g/mol. The van der Waals surface area contributed by atoms with Gasteiger partial charge in [0.1, 0.15) is 17.2 Å². The SMILES string of the molecule is CC1CNCCC1CNC(=O)c1c(F)cccc1F. The van der Waals surface area contributed by atoms with Gasteiger partial charge < -0.3 is 10.6 Å². The molecule has 0 saturated carbocycles. The highest BCUT2D eigenvalue weighted by Crippen LogP contribution is 2.18. The summed E-state index contributed by atoms with van der Waals surface area (Å²) in [5, 5.41) is 5.90. The van der Waals surface area contributed by atoms with E-state index in [-0.39, 0.29) is 0 Å². The van der Waals surface area contributed by atoms with Crippen LogP contribution in [0.15, 0.2) is 18.2 Å². The quantitative estimate of drug-likeness (QED) is 0.879. The molecule has 1 aliphatic heterocycles. The summed E-state index contributed by atoms with van der Waals surface area (Å²) in [6, 6.07) is 3.42. The Balaban J connectivity index is 1.97. The van der Waals surface area contributed by atoms with Crippen molar-refractivity contribution in [2.45, 2.75) is 13.3 Å². The van der Waals surface area contributed by atoms with Crippen molar-refractivity contribution in [3.63, 3.8) is 0 Å². The van der Waals surface area contributed by atoms with Gasteiger partial charge >= 0.3 is 0 Å². The van der Waals surface area contributed by atoms with E-state index in [9.17, 15) is 13.6 Å². The van der Waals surface area contributed by atoms with Crippen molar-refractivity contribution in [2.24, 2.45) is 11.8 Å². The lowest BCUT2D eigenvalue weighted by atomic mass is 9.88. The lowest BCUT2D eigenvalue weighted by molar-refractivity contribution is 0.0929. The molecule has 2 unspecified atom stereocenters. The van der Waals surface area contributed by atoms with Crippen LogP contribution in [0.3, 0.4) is 0 Å². The van der Waals surface area contributed by atoms with Crippen LogP contribution in [0.5, 0.6) is 0 Å². The molecular weight excluding hydrogens is 250 g/mol. The molecule has 2 rings (SSSR count). The molecule has 2 N–H and O–H groups in total. The molecule has 0 aromatic heterocycles. The lowest BCUT2D eigenvalue weighted by Gasteiger charge is -2.29. The van der Waals surface area contributed by atoms with Crippen LogP contribution in [0.2, 0.25) is 0 Å². The molecule has 1 aromatic rings. The standard InChI is InChI=1S/C14H18F2N2O/c1-9-7-17-6-5-10(9)8-18-14(19)13-11(15)3-2-4-12(13)16/h2-4,9-10,17H,5-8H2,1H3,(H,18,19).